The van der Waals surface area contributed by atoms with Crippen LogP contribution in [0.4, 0.5) is 4.79 Å². The van der Waals surface area contributed by atoms with Crippen molar-refractivity contribution in [2.45, 2.75) is 95.2 Å². The van der Waals surface area contributed by atoms with Crippen molar-refractivity contribution in [3.63, 3.8) is 0 Å². The zero-order chi connectivity index (χ0) is 29.3. The van der Waals surface area contributed by atoms with Gasteiger partial charge in [-0.05, 0) is 75.6 Å². The number of nitrogens with zero attached hydrogens (tertiary/aromatic N) is 2. The Balaban J connectivity index is 1.34. The van der Waals surface area contributed by atoms with Gasteiger partial charge in [0.2, 0.25) is 11.8 Å². The van der Waals surface area contributed by atoms with E-state index in [9.17, 15) is 19.5 Å². The highest BCUT2D eigenvalue weighted by molar-refractivity contribution is 5.89. The van der Waals surface area contributed by atoms with Gasteiger partial charge in [0.05, 0.1) is 19.7 Å². The second kappa shape index (κ2) is 11.7. The second-order valence-electron chi connectivity index (χ2n) is 12.3. The van der Waals surface area contributed by atoms with Crippen LogP contribution in [0.3, 0.4) is 0 Å². The van der Waals surface area contributed by atoms with E-state index in [1.165, 1.54) is 4.90 Å². The van der Waals surface area contributed by atoms with Crippen molar-refractivity contribution in [3.05, 3.63) is 30.5 Å². The summed E-state index contributed by atoms with van der Waals surface area (Å²) in [7, 11) is 1.60. The molecule has 1 saturated heterocycles. The van der Waals surface area contributed by atoms with E-state index < -0.39 is 47.8 Å². The number of aliphatic hydroxyl groups is 1. The number of nitrogens with one attached hydrogen (secondary N) is 2. The Kier molecular flexibility index (Phi) is 8.26. The molecule has 2 heterocycles. The largest absolute Gasteiger partial charge is 0.497 e. The molecule has 11 nitrogen and oxygen atoms in total. The van der Waals surface area contributed by atoms with Gasteiger partial charge in [-0.15, -0.1) is 0 Å². The molecule has 11 heteroatoms. The van der Waals surface area contributed by atoms with Crippen LogP contribution in [0, 0.1) is 5.92 Å². The number of carbonyl (C=O) groups excluding carboxylic acids is 3. The summed E-state index contributed by atoms with van der Waals surface area (Å²) in [6, 6.07) is 5.83. The molecular formula is C30H40N4O7. The van der Waals surface area contributed by atoms with Crippen LogP contribution in [0.5, 0.6) is 11.6 Å². The summed E-state index contributed by atoms with van der Waals surface area (Å²) in [4.78, 5) is 45.3. The first-order valence-electron chi connectivity index (χ1n) is 14.4. The van der Waals surface area contributed by atoms with Crippen molar-refractivity contribution in [3.8, 4) is 11.6 Å². The number of rotatable bonds is 10. The predicted molar refractivity (Wildman–Crippen MR) is 150 cm³/mol. The lowest BCUT2D eigenvalue weighted by molar-refractivity contribution is -0.133. The Hall–Kier alpha value is -3.60. The van der Waals surface area contributed by atoms with Gasteiger partial charge in [0, 0.05) is 24.0 Å². The molecular weight excluding hydrogens is 528 g/mol. The standard InChI is InChI=1S/C30H40N4O7/c1-30(2,3)41-29(38)34-16-21(40-28-22-10-9-20(39-4)14-18(22)11-12-31-28)15-24(34)26(36)33-23(13-17-5-6-17)25(35)27(37)32-19-7-8-19/h9-12,14,17,19,21,23-25,35H,5-8,13,15-16H2,1-4H3,(H,32,37)(H,33,36)/t21-,23+,24?,25?/m1/s1. The summed E-state index contributed by atoms with van der Waals surface area (Å²) >= 11 is 0. The van der Waals surface area contributed by atoms with Crippen molar-refractivity contribution in [1.29, 1.82) is 0 Å². The first kappa shape index (κ1) is 28.9. The van der Waals surface area contributed by atoms with Crippen LogP contribution in [-0.2, 0) is 14.3 Å². The van der Waals surface area contributed by atoms with Crippen molar-refractivity contribution < 1.29 is 33.7 Å². The number of ether oxygens (including phenoxy) is 3. The molecule has 1 aromatic carbocycles. The van der Waals surface area contributed by atoms with Gasteiger partial charge in [0.1, 0.15) is 23.5 Å². The molecule has 1 aromatic heterocycles. The number of aliphatic hydroxyl groups excluding tert-OH is 1. The van der Waals surface area contributed by atoms with Crippen LogP contribution in [-0.4, -0.2) is 82.5 Å². The van der Waals surface area contributed by atoms with Crippen LogP contribution >= 0.6 is 0 Å². The average Bonchev–Trinajstić information content (AvgIpc) is 3.86. The third-order valence-corrected chi connectivity index (χ3v) is 7.59. The molecule has 1 aliphatic heterocycles. The van der Waals surface area contributed by atoms with Crippen LogP contribution in [0.25, 0.3) is 10.8 Å². The fourth-order valence-corrected chi connectivity index (χ4v) is 5.12. The van der Waals surface area contributed by atoms with Gasteiger partial charge in [0.25, 0.3) is 5.91 Å². The van der Waals surface area contributed by atoms with Crippen molar-refractivity contribution >= 4 is 28.7 Å². The maximum atomic E-state index is 13.7. The zero-order valence-electron chi connectivity index (χ0n) is 24.1. The molecule has 2 unspecified atom stereocenters. The number of amides is 3. The Bertz CT molecular complexity index is 1290. The maximum Gasteiger partial charge on any atom is 0.411 e. The number of likely N-dealkylation sites (tertiary alicyclic amines) is 1. The summed E-state index contributed by atoms with van der Waals surface area (Å²) in [5, 5.41) is 18.2. The Morgan fingerprint density at radius 1 is 1.15 bits per heavy atom. The quantitative estimate of drug-likeness (QED) is 0.398. The molecule has 3 fully saturated rings. The molecule has 0 bridgehead atoms. The SMILES string of the molecule is COc1ccc2c(O[C@@H]3CC(C(=O)N[C@@H](CC4CC4)C(O)C(=O)NC4CC4)N(C(=O)OC(C)(C)C)C3)nccc2c1. The fraction of sp³-hybridized carbons (Fsp3) is 0.600. The van der Waals surface area contributed by atoms with Gasteiger partial charge in [-0.2, -0.15) is 0 Å². The third-order valence-electron chi connectivity index (χ3n) is 7.59. The summed E-state index contributed by atoms with van der Waals surface area (Å²) < 4.78 is 17.2. The molecule has 3 aliphatic rings. The molecule has 2 aliphatic carbocycles. The summed E-state index contributed by atoms with van der Waals surface area (Å²) in [5.74, 6) is 0.507. The van der Waals surface area contributed by atoms with Gasteiger partial charge in [-0.1, -0.05) is 12.8 Å². The number of hydrogen-bond donors (Lipinski definition) is 3. The molecule has 5 rings (SSSR count). The molecule has 41 heavy (non-hydrogen) atoms. The van der Waals surface area contributed by atoms with Gasteiger partial charge in [0.15, 0.2) is 6.10 Å². The fourth-order valence-electron chi connectivity index (χ4n) is 5.12. The lowest BCUT2D eigenvalue weighted by atomic mass is 10.0. The Morgan fingerprint density at radius 3 is 2.56 bits per heavy atom. The summed E-state index contributed by atoms with van der Waals surface area (Å²) in [6.45, 7) is 5.40. The normalized spacial score (nSPS) is 22.1. The van der Waals surface area contributed by atoms with Crippen LogP contribution in [0.15, 0.2) is 30.5 Å². The molecule has 0 radical (unpaired) electrons. The molecule has 3 N–H and O–H groups in total. The third kappa shape index (κ3) is 7.38. The second-order valence-corrected chi connectivity index (χ2v) is 12.3. The Labute approximate surface area is 239 Å². The summed E-state index contributed by atoms with van der Waals surface area (Å²) in [6.07, 6.45) is 3.56. The van der Waals surface area contributed by atoms with Crippen LogP contribution in [0.2, 0.25) is 0 Å². The molecule has 0 spiro atoms. The van der Waals surface area contributed by atoms with Gasteiger partial charge in [-0.3, -0.25) is 14.5 Å². The lowest BCUT2D eigenvalue weighted by Crippen LogP contribution is -2.55. The predicted octanol–water partition coefficient (Wildman–Crippen LogP) is 2.92. The minimum atomic E-state index is -1.37. The highest BCUT2D eigenvalue weighted by atomic mass is 16.6. The highest BCUT2D eigenvalue weighted by Crippen LogP contribution is 2.35. The molecule has 4 atom stereocenters. The van der Waals surface area contributed by atoms with E-state index in [-0.39, 0.29) is 19.0 Å². The molecule has 3 amide bonds. The maximum absolute atomic E-state index is 13.7. The Morgan fingerprint density at radius 2 is 1.90 bits per heavy atom. The van der Waals surface area contributed by atoms with E-state index >= 15 is 0 Å². The van der Waals surface area contributed by atoms with Crippen LogP contribution < -0.4 is 20.1 Å². The molecule has 2 aromatic rings. The van der Waals surface area contributed by atoms with E-state index in [0.717, 1.165) is 36.5 Å². The molecule has 222 valence electrons. The smallest absolute Gasteiger partial charge is 0.411 e. The highest BCUT2D eigenvalue weighted by Gasteiger charge is 2.45. The van der Waals surface area contributed by atoms with E-state index in [0.29, 0.717) is 24.0 Å². The number of methoxy groups -OCH3 is 1. The van der Waals surface area contributed by atoms with Gasteiger partial charge >= 0.3 is 6.09 Å². The van der Waals surface area contributed by atoms with E-state index in [1.54, 1.807) is 34.1 Å². The van der Waals surface area contributed by atoms with E-state index in [1.807, 2.05) is 24.3 Å². The van der Waals surface area contributed by atoms with Gasteiger partial charge in [-0.25, -0.2) is 9.78 Å². The van der Waals surface area contributed by atoms with Crippen molar-refractivity contribution in [1.82, 2.24) is 20.5 Å². The average molecular weight is 569 g/mol. The summed E-state index contributed by atoms with van der Waals surface area (Å²) in [5.41, 5.74) is -0.765. The lowest BCUT2D eigenvalue weighted by Gasteiger charge is -2.30. The minimum absolute atomic E-state index is 0.0913. The van der Waals surface area contributed by atoms with Crippen molar-refractivity contribution in [2.75, 3.05) is 13.7 Å². The van der Waals surface area contributed by atoms with Crippen molar-refractivity contribution in [2.24, 2.45) is 5.92 Å². The monoisotopic (exact) mass is 568 g/mol. The topological polar surface area (TPSA) is 139 Å². The van der Waals surface area contributed by atoms with Gasteiger partial charge < -0.3 is 30.0 Å². The number of hydrogen-bond acceptors (Lipinski definition) is 8. The number of fused-ring (bicyclic) bond motifs is 1. The number of benzene rings is 1. The number of pyridine rings is 1. The minimum Gasteiger partial charge on any atom is -0.497 e. The number of aromatic nitrogens is 1. The zero-order valence-corrected chi connectivity index (χ0v) is 24.1. The van der Waals surface area contributed by atoms with E-state index in [4.69, 9.17) is 14.2 Å². The first-order valence-corrected chi connectivity index (χ1v) is 14.4. The van der Waals surface area contributed by atoms with E-state index in [2.05, 4.69) is 15.6 Å². The first-order chi connectivity index (χ1) is 19.5. The number of carbonyl (C=O) groups is 3. The molecule has 2 saturated carbocycles. The van der Waals surface area contributed by atoms with Crippen LogP contribution in [0.1, 0.15) is 59.3 Å².